The van der Waals surface area contributed by atoms with Gasteiger partial charge in [0, 0.05) is 12.0 Å². The number of hydrogen-bond acceptors (Lipinski definition) is 5. The molecule has 8 nitrogen and oxygen atoms in total. The quantitative estimate of drug-likeness (QED) is 0.548. The van der Waals surface area contributed by atoms with Crippen molar-refractivity contribution >= 4 is 34.5 Å². The molecule has 3 aromatic rings. The summed E-state index contributed by atoms with van der Waals surface area (Å²) in [5, 5.41) is 5.71. The third-order valence-corrected chi connectivity index (χ3v) is 5.62. The number of carbonyl (C=O) groups excluding carboxylic acids is 2. The fourth-order valence-electron chi connectivity index (χ4n) is 3.96. The highest BCUT2D eigenvalue weighted by molar-refractivity contribution is 6.10. The van der Waals surface area contributed by atoms with Crippen LogP contribution in [-0.4, -0.2) is 36.0 Å². The number of ether oxygens (including phenoxy) is 2. The van der Waals surface area contributed by atoms with Gasteiger partial charge in [-0.1, -0.05) is 31.4 Å². The maximum absolute atomic E-state index is 13.1. The second kappa shape index (κ2) is 9.07. The average Bonchev–Trinajstić information content (AvgIpc) is 3.21. The number of rotatable bonds is 6. The first-order chi connectivity index (χ1) is 15.1. The van der Waals surface area contributed by atoms with Gasteiger partial charge in [0.25, 0.3) is 5.91 Å². The number of para-hydroxylation sites is 2. The number of aromatic nitrogens is 2. The van der Waals surface area contributed by atoms with Gasteiger partial charge in [-0.05, 0) is 31.0 Å². The number of anilines is 2. The predicted octanol–water partition coefficient (Wildman–Crippen LogP) is 4.35. The Morgan fingerprint density at radius 2 is 1.71 bits per heavy atom. The van der Waals surface area contributed by atoms with Gasteiger partial charge in [-0.3, -0.25) is 14.9 Å². The minimum atomic E-state index is -0.418. The number of nitrogens with one attached hydrogen (secondary N) is 3. The highest BCUT2D eigenvalue weighted by Gasteiger charge is 2.24. The normalized spacial score (nSPS) is 14.3. The van der Waals surface area contributed by atoms with Gasteiger partial charge in [-0.2, -0.15) is 0 Å². The molecule has 0 spiro atoms. The summed E-state index contributed by atoms with van der Waals surface area (Å²) in [6, 6.07) is 10.7. The first-order valence-corrected chi connectivity index (χ1v) is 10.4. The van der Waals surface area contributed by atoms with Crippen LogP contribution in [0.2, 0.25) is 0 Å². The zero-order chi connectivity index (χ0) is 21.8. The Kier molecular flexibility index (Phi) is 6.06. The highest BCUT2D eigenvalue weighted by atomic mass is 16.5. The Morgan fingerprint density at radius 3 is 2.42 bits per heavy atom. The summed E-state index contributed by atoms with van der Waals surface area (Å²) < 4.78 is 10.7. The van der Waals surface area contributed by atoms with Gasteiger partial charge in [0.1, 0.15) is 0 Å². The van der Waals surface area contributed by atoms with Gasteiger partial charge >= 0.3 is 0 Å². The van der Waals surface area contributed by atoms with E-state index in [-0.39, 0.29) is 17.4 Å². The number of benzene rings is 2. The summed E-state index contributed by atoms with van der Waals surface area (Å²) in [5.41, 5.74) is 2.20. The van der Waals surface area contributed by atoms with E-state index in [0.717, 1.165) is 43.1 Å². The number of aromatic amines is 1. The minimum Gasteiger partial charge on any atom is -0.493 e. The molecule has 0 unspecified atom stereocenters. The van der Waals surface area contributed by atoms with Crippen molar-refractivity contribution in [3.8, 4) is 11.5 Å². The topological polar surface area (TPSA) is 105 Å². The number of fused-ring (bicyclic) bond motifs is 1. The first kappa shape index (κ1) is 20.7. The molecule has 3 N–H and O–H groups in total. The van der Waals surface area contributed by atoms with Crippen LogP contribution in [0.3, 0.4) is 0 Å². The molecule has 1 aliphatic rings. The van der Waals surface area contributed by atoms with Gasteiger partial charge in [0.2, 0.25) is 11.9 Å². The Labute approximate surface area is 180 Å². The summed E-state index contributed by atoms with van der Waals surface area (Å²) in [5.74, 6) is 0.608. The molecule has 31 heavy (non-hydrogen) atoms. The van der Waals surface area contributed by atoms with Crippen LogP contribution in [0.5, 0.6) is 11.5 Å². The second-order valence-electron chi connectivity index (χ2n) is 7.63. The summed E-state index contributed by atoms with van der Waals surface area (Å²) in [4.78, 5) is 33.4. The van der Waals surface area contributed by atoms with Crippen molar-refractivity contribution in [2.24, 2.45) is 5.92 Å². The lowest BCUT2D eigenvalue weighted by Crippen LogP contribution is -2.26. The van der Waals surface area contributed by atoms with Gasteiger partial charge in [-0.15, -0.1) is 0 Å². The van der Waals surface area contributed by atoms with E-state index in [2.05, 4.69) is 20.6 Å². The number of carbonyl (C=O) groups is 2. The van der Waals surface area contributed by atoms with Crippen LogP contribution in [-0.2, 0) is 4.79 Å². The van der Waals surface area contributed by atoms with E-state index in [1.54, 1.807) is 12.1 Å². The van der Waals surface area contributed by atoms with E-state index in [4.69, 9.17) is 9.47 Å². The maximum atomic E-state index is 13.1. The Bertz CT molecular complexity index is 1070. The van der Waals surface area contributed by atoms with Crippen LogP contribution in [0.1, 0.15) is 42.5 Å². The number of nitrogens with zero attached hydrogens (tertiary/aromatic N) is 1. The van der Waals surface area contributed by atoms with Crippen molar-refractivity contribution in [1.82, 2.24) is 9.97 Å². The molecule has 2 aromatic carbocycles. The molecule has 2 amide bonds. The summed E-state index contributed by atoms with van der Waals surface area (Å²) in [6.45, 7) is 0. The van der Waals surface area contributed by atoms with E-state index in [9.17, 15) is 9.59 Å². The van der Waals surface area contributed by atoms with Crippen molar-refractivity contribution in [3.63, 3.8) is 0 Å². The Balaban J connectivity index is 1.63. The number of methoxy groups -OCH3 is 2. The van der Waals surface area contributed by atoms with E-state index in [0.29, 0.717) is 23.1 Å². The molecule has 1 fully saturated rings. The monoisotopic (exact) mass is 422 g/mol. The van der Waals surface area contributed by atoms with Crippen molar-refractivity contribution < 1.29 is 19.1 Å². The number of imidazole rings is 1. The zero-order valence-corrected chi connectivity index (χ0v) is 17.7. The van der Waals surface area contributed by atoms with Gasteiger partial charge in [0.15, 0.2) is 11.5 Å². The smallest absolute Gasteiger partial charge is 0.260 e. The highest BCUT2D eigenvalue weighted by Crippen LogP contribution is 2.35. The molecule has 1 saturated carbocycles. The number of hydrogen-bond donors (Lipinski definition) is 3. The van der Waals surface area contributed by atoms with Gasteiger partial charge in [-0.25, -0.2) is 4.98 Å². The molecular formula is C23H26N4O4. The minimum absolute atomic E-state index is 0.0480. The molecule has 0 aliphatic heterocycles. The molecule has 1 aliphatic carbocycles. The predicted molar refractivity (Wildman–Crippen MR) is 119 cm³/mol. The molecule has 0 bridgehead atoms. The van der Waals surface area contributed by atoms with E-state index in [1.807, 2.05) is 24.3 Å². The molecule has 0 saturated heterocycles. The van der Waals surface area contributed by atoms with Crippen LogP contribution < -0.4 is 20.1 Å². The number of amides is 2. The molecule has 8 heteroatoms. The third kappa shape index (κ3) is 4.47. The van der Waals surface area contributed by atoms with Crippen LogP contribution in [0.4, 0.5) is 11.6 Å². The van der Waals surface area contributed by atoms with Crippen LogP contribution in [0.25, 0.3) is 11.0 Å². The summed E-state index contributed by atoms with van der Waals surface area (Å²) >= 11 is 0. The van der Waals surface area contributed by atoms with Crippen LogP contribution in [0.15, 0.2) is 36.4 Å². The molecule has 1 aromatic heterocycles. The molecule has 1 heterocycles. The van der Waals surface area contributed by atoms with Crippen molar-refractivity contribution in [2.45, 2.75) is 32.1 Å². The molecule has 162 valence electrons. The molecular weight excluding hydrogens is 396 g/mol. The van der Waals surface area contributed by atoms with E-state index < -0.39 is 5.91 Å². The first-order valence-electron chi connectivity index (χ1n) is 10.4. The summed E-state index contributed by atoms with van der Waals surface area (Å²) in [7, 11) is 3.01. The van der Waals surface area contributed by atoms with Crippen LogP contribution in [0, 0.1) is 5.92 Å². The molecule has 0 atom stereocenters. The van der Waals surface area contributed by atoms with Crippen molar-refractivity contribution in [3.05, 3.63) is 42.0 Å². The number of H-pyrrole nitrogens is 1. The van der Waals surface area contributed by atoms with Crippen molar-refractivity contribution in [1.29, 1.82) is 0 Å². The largest absolute Gasteiger partial charge is 0.493 e. The van der Waals surface area contributed by atoms with E-state index in [1.165, 1.54) is 14.2 Å². The standard InChI is InChI=1S/C23H26N4O4/c1-30-19-12-15(22(29)27-23-25-16-10-6-7-11-17(16)26-23)18(13-20(19)31-2)24-21(28)14-8-4-3-5-9-14/h6-7,10-14H,3-5,8-9H2,1-2H3,(H,24,28)(H2,25,26,27,29). The molecule has 0 radical (unpaired) electrons. The lowest BCUT2D eigenvalue weighted by Gasteiger charge is -2.22. The van der Waals surface area contributed by atoms with E-state index >= 15 is 0 Å². The lowest BCUT2D eigenvalue weighted by molar-refractivity contribution is -0.120. The lowest BCUT2D eigenvalue weighted by atomic mass is 9.88. The summed E-state index contributed by atoms with van der Waals surface area (Å²) in [6.07, 6.45) is 4.97. The molecule has 4 rings (SSSR count). The fraction of sp³-hybridized carbons (Fsp3) is 0.348. The van der Waals surface area contributed by atoms with Crippen LogP contribution >= 0.6 is 0 Å². The maximum Gasteiger partial charge on any atom is 0.260 e. The SMILES string of the molecule is COc1cc(NC(=O)C2CCCCC2)c(C(=O)Nc2nc3ccccc3[nH]2)cc1OC. The fourth-order valence-corrected chi connectivity index (χ4v) is 3.96. The second-order valence-corrected chi connectivity index (χ2v) is 7.63. The zero-order valence-electron chi connectivity index (χ0n) is 17.7. The van der Waals surface area contributed by atoms with Gasteiger partial charge < -0.3 is 19.8 Å². The average molecular weight is 422 g/mol. The Morgan fingerprint density at radius 1 is 1.00 bits per heavy atom. The third-order valence-electron chi connectivity index (χ3n) is 5.62. The van der Waals surface area contributed by atoms with Crippen molar-refractivity contribution in [2.75, 3.05) is 24.9 Å². The van der Waals surface area contributed by atoms with Gasteiger partial charge in [0.05, 0.1) is 36.5 Å². The Hall–Kier alpha value is -3.55.